The molecule has 1 amide bonds. The Morgan fingerprint density at radius 3 is 2.64 bits per heavy atom. The van der Waals surface area contributed by atoms with Crippen molar-refractivity contribution in [3.05, 3.63) is 70.9 Å². The first-order chi connectivity index (χ1) is 17.3. The Morgan fingerprint density at radius 2 is 1.92 bits per heavy atom. The van der Waals surface area contributed by atoms with Gasteiger partial charge in [0.2, 0.25) is 5.91 Å². The number of alkyl halides is 3. The van der Waals surface area contributed by atoms with Gasteiger partial charge in [-0.25, -0.2) is 19.9 Å². The summed E-state index contributed by atoms with van der Waals surface area (Å²) in [7, 11) is 0. The number of carbonyl (C=O) groups is 1. The van der Waals surface area contributed by atoms with Gasteiger partial charge < -0.3 is 9.72 Å². The molecule has 0 spiro atoms. The van der Waals surface area contributed by atoms with E-state index in [1.807, 2.05) is 12.1 Å². The third-order valence-corrected chi connectivity index (χ3v) is 7.09. The van der Waals surface area contributed by atoms with Crippen LogP contribution >= 0.6 is 11.6 Å². The molecule has 36 heavy (non-hydrogen) atoms. The summed E-state index contributed by atoms with van der Waals surface area (Å²) < 4.78 is 39.7. The molecule has 0 bridgehead atoms. The van der Waals surface area contributed by atoms with Crippen molar-refractivity contribution in [2.24, 2.45) is 5.92 Å². The molecule has 0 radical (unpaired) electrons. The van der Waals surface area contributed by atoms with E-state index in [0.717, 1.165) is 18.4 Å². The molecule has 2 aliphatic rings. The fraction of sp³-hybridized carbons (Fsp3) is 0.320. The van der Waals surface area contributed by atoms with E-state index in [1.165, 1.54) is 0 Å². The van der Waals surface area contributed by atoms with Crippen LogP contribution in [0, 0.1) is 5.92 Å². The van der Waals surface area contributed by atoms with Crippen LogP contribution in [0.4, 0.5) is 19.0 Å². The third-order valence-electron chi connectivity index (χ3n) is 6.84. The van der Waals surface area contributed by atoms with Gasteiger partial charge in [0, 0.05) is 41.8 Å². The van der Waals surface area contributed by atoms with Gasteiger partial charge in [-0.15, -0.1) is 0 Å². The molecule has 1 unspecified atom stereocenters. The van der Waals surface area contributed by atoms with Crippen LogP contribution in [0.25, 0.3) is 17.2 Å². The average Bonchev–Trinajstić information content (AvgIpc) is 3.48. The zero-order valence-electron chi connectivity index (χ0n) is 18.9. The Kier molecular flexibility index (Phi) is 5.26. The number of halogens is 4. The van der Waals surface area contributed by atoms with E-state index in [2.05, 4.69) is 25.3 Å². The standard InChI is InChI=1S/C25H20ClF3N6O/c26-16-7-5-15(6-8-16)25(14-3-4-14)17-12-31-21(33-20(17)34-23(25)36)19-13-35-11-10-30-22(35)18(32-19)2-1-9-24(27,28)29/h5-8,10-14H,1-4,9H2,(H,31,33,34,36). The maximum absolute atomic E-state index is 13.4. The van der Waals surface area contributed by atoms with E-state index >= 15 is 0 Å². The Labute approximate surface area is 208 Å². The number of amides is 1. The van der Waals surface area contributed by atoms with E-state index < -0.39 is 18.0 Å². The average molecular weight is 513 g/mol. The molecule has 1 aliphatic heterocycles. The van der Waals surface area contributed by atoms with Gasteiger partial charge in [0.1, 0.15) is 16.9 Å². The molecule has 1 fully saturated rings. The quantitative estimate of drug-likeness (QED) is 0.375. The van der Waals surface area contributed by atoms with E-state index in [-0.39, 0.29) is 30.5 Å². The molecule has 1 atom stereocenters. The first-order valence-electron chi connectivity index (χ1n) is 11.6. The Bertz CT molecular complexity index is 1480. The molecule has 4 aromatic rings. The summed E-state index contributed by atoms with van der Waals surface area (Å²) in [4.78, 5) is 31.4. The minimum absolute atomic E-state index is 0.103. The summed E-state index contributed by atoms with van der Waals surface area (Å²) in [5.74, 6) is 0.664. The number of aryl methyl sites for hydroxylation is 1. The van der Waals surface area contributed by atoms with E-state index in [0.29, 0.717) is 33.4 Å². The largest absolute Gasteiger partial charge is 0.389 e. The summed E-state index contributed by atoms with van der Waals surface area (Å²) in [6.45, 7) is 0. The van der Waals surface area contributed by atoms with Gasteiger partial charge in [-0.1, -0.05) is 23.7 Å². The van der Waals surface area contributed by atoms with Gasteiger partial charge in [0.05, 0.1) is 5.69 Å². The molecule has 11 heteroatoms. The zero-order chi connectivity index (χ0) is 25.1. The molecule has 0 saturated heterocycles. The summed E-state index contributed by atoms with van der Waals surface area (Å²) in [6.07, 6.45) is 3.30. The van der Waals surface area contributed by atoms with Crippen LogP contribution in [0.3, 0.4) is 0 Å². The SMILES string of the molecule is O=C1Nc2nc(-c3cn4ccnc4c(CCCC(F)(F)F)n3)ncc2C1(c1ccc(Cl)cc1)C1CC1. The maximum Gasteiger partial charge on any atom is 0.389 e. The van der Waals surface area contributed by atoms with E-state index in [4.69, 9.17) is 11.6 Å². The van der Waals surface area contributed by atoms with Crippen molar-refractivity contribution in [3.8, 4) is 11.5 Å². The number of nitrogens with one attached hydrogen (secondary N) is 1. The second kappa shape index (κ2) is 8.26. The summed E-state index contributed by atoms with van der Waals surface area (Å²) in [6, 6.07) is 7.27. The third kappa shape index (κ3) is 3.80. The number of rotatable bonds is 6. The molecule has 1 aromatic carbocycles. The zero-order valence-corrected chi connectivity index (χ0v) is 19.6. The molecule has 1 saturated carbocycles. The lowest BCUT2D eigenvalue weighted by Crippen LogP contribution is -2.38. The second-order valence-corrected chi connectivity index (χ2v) is 9.64. The highest BCUT2D eigenvalue weighted by molar-refractivity contribution is 6.30. The number of fused-ring (bicyclic) bond motifs is 2. The number of hydrogen-bond donors (Lipinski definition) is 1. The van der Waals surface area contributed by atoms with Crippen LogP contribution in [0.1, 0.15) is 42.5 Å². The van der Waals surface area contributed by atoms with Crippen molar-refractivity contribution < 1.29 is 18.0 Å². The molecule has 7 nitrogen and oxygen atoms in total. The number of nitrogens with zero attached hydrogens (tertiary/aromatic N) is 5. The lowest BCUT2D eigenvalue weighted by molar-refractivity contribution is -0.135. The van der Waals surface area contributed by atoms with Gasteiger partial charge in [-0.3, -0.25) is 4.79 Å². The normalized spacial score (nSPS) is 19.5. The number of imidazole rings is 1. The summed E-state index contributed by atoms with van der Waals surface area (Å²) in [5.41, 5.74) is 1.97. The predicted molar refractivity (Wildman–Crippen MR) is 127 cm³/mol. The minimum Gasteiger partial charge on any atom is -0.309 e. The smallest absolute Gasteiger partial charge is 0.309 e. The maximum atomic E-state index is 13.4. The number of carbonyl (C=O) groups excluding carboxylic acids is 1. The molecule has 3 aromatic heterocycles. The first-order valence-corrected chi connectivity index (χ1v) is 12.0. The van der Waals surface area contributed by atoms with Crippen molar-refractivity contribution >= 4 is 29.0 Å². The van der Waals surface area contributed by atoms with Crippen LogP contribution < -0.4 is 5.32 Å². The number of benzene rings is 1. The van der Waals surface area contributed by atoms with Gasteiger partial charge in [0.15, 0.2) is 11.5 Å². The number of anilines is 1. The van der Waals surface area contributed by atoms with E-state index in [9.17, 15) is 18.0 Å². The van der Waals surface area contributed by atoms with Crippen molar-refractivity contribution in [1.29, 1.82) is 0 Å². The molecule has 6 rings (SSSR count). The molecular weight excluding hydrogens is 493 g/mol. The number of aromatic nitrogens is 5. The van der Waals surface area contributed by atoms with Crippen LogP contribution in [0.15, 0.2) is 49.1 Å². The van der Waals surface area contributed by atoms with Gasteiger partial charge >= 0.3 is 6.18 Å². The van der Waals surface area contributed by atoms with Gasteiger partial charge in [-0.2, -0.15) is 13.2 Å². The summed E-state index contributed by atoms with van der Waals surface area (Å²) >= 11 is 6.09. The van der Waals surface area contributed by atoms with Crippen molar-refractivity contribution in [3.63, 3.8) is 0 Å². The minimum atomic E-state index is -4.23. The topological polar surface area (TPSA) is 85.1 Å². The Hall–Kier alpha value is -3.53. The highest BCUT2D eigenvalue weighted by atomic mass is 35.5. The highest BCUT2D eigenvalue weighted by Crippen LogP contribution is 2.56. The summed E-state index contributed by atoms with van der Waals surface area (Å²) in [5, 5.41) is 3.52. The van der Waals surface area contributed by atoms with Gasteiger partial charge in [0.25, 0.3) is 0 Å². The van der Waals surface area contributed by atoms with Crippen molar-refractivity contribution in [2.45, 2.75) is 43.7 Å². The van der Waals surface area contributed by atoms with Crippen LogP contribution in [0.2, 0.25) is 5.02 Å². The van der Waals surface area contributed by atoms with Crippen molar-refractivity contribution in [2.75, 3.05) is 5.32 Å². The van der Waals surface area contributed by atoms with Crippen LogP contribution in [0.5, 0.6) is 0 Å². The van der Waals surface area contributed by atoms with Crippen LogP contribution in [-0.4, -0.2) is 36.4 Å². The first kappa shape index (κ1) is 22.9. The predicted octanol–water partition coefficient (Wildman–Crippen LogP) is 5.37. The Morgan fingerprint density at radius 1 is 1.14 bits per heavy atom. The van der Waals surface area contributed by atoms with Gasteiger partial charge in [-0.05, 0) is 49.3 Å². The molecule has 4 heterocycles. The molecule has 1 aliphatic carbocycles. The van der Waals surface area contributed by atoms with Crippen molar-refractivity contribution in [1.82, 2.24) is 24.3 Å². The second-order valence-electron chi connectivity index (χ2n) is 9.20. The fourth-order valence-corrected chi connectivity index (χ4v) is 5.23. The fourth-order valence-electron chi connectivity index (χ4n) is 5.10. The number of hydrogen-bond acceptors (Lipinski definition) is 5. The van der Waals surface area contributed by atoms with E-state index in [1.54, 1.807) is 41.3 Å². The molecular formula is C25H20ClF3N6O. The lowest BCUT2D eigenvalue weighted by Gasteiger charge is -2.27. The Balaban J connectivity index is 1.39. The molecule has 184 valence electrons. The van der Waals surface area contributed by atoms with Crippen LogP contribution in [-0.2, 0) is 16.6 Å². The lowest BCUT2D eigenvalue weighted by atomic mass is 9.72. The highest BCUT2D eigenvalue weighted by Gasteiger charge is 2.58. The molecule has 1 N–H and O–H groups in total. The monoisotopic (exact) mass is 512 g/mol.